The zero-order valence-corrected chi connectivity index (χ0v) is 24.5. The molecule has 1 aliphatic heterocycles. The molecule has 0 saturated carbocycles. The molecule has 39 heavy (non-hydrogen) atoms. The maximum Gasteiger partial charge on any atom is 0.194 e. The number of hydrogen-bond acceptors (Lipinski definition) is 8. The minimum atomic E-state index is 0.235. The number of ether oxygens (including phenoxy) is 2. The van der Waals surface area contributed by atoms with Gasteiger partial charge < -0.3 is 19.5 Å². The van der Waals surface area contributed by atoms with Crippen molar-refractivity contribution in [2.24, 2.45) is 5.41 Å². The van der Waals surface area contributed by atoms with Crippen LogP contribution in [0.4, 0.5) is 10.9 Å². The third-order valence-electron chi connectivity index (χ3n) is 6.37. The van der Waals surface area contributed by atoms with Gasteiger partial charge in [-0.15, -0.1) is 0 Å². The lowest BCUT2D eigenvalue weighted by atomic mass is 9.93. The lowest BCUT2D eigenvalue weighted by Crippen LogP contribution is -2.11. The molecule has 0 saturated heterocycles. The first kappa shape index (κ1) is 27.5. The van der Waals surface area contributed by atoms with E-state index >= 15 is 0 Å². The normalized spacial score (nSPS) is 14.4. The number of rotatable bonds is 4. The molecule has 0 spiro atoms. The van der Waals surface area contributed by atoms with Crippen molar-refractivity contribution in [1.82, 2.24) is 9.97 Å². The van der Waals surface area contributed by atoms with Crippen LogP contribution in [0.3, 0.4) is 0 Å². The molecular weight excluding hydrogens is 525 g/mol. The Kier molecular flexibility index (Phi) is 9.06. The number of aryl methyl sites for hydroxylation is 1. The van der Waals surface area contributed by atoms with E-state index in [1.54, 1.807) is 11.3 Å². The van der Waals surface area contributed by atoms with Gasteiger partial charge in [-0.1, -0.05) is 74.6 Å². The molecular formula is C31H36N4O2S2. The van der Waals surface area contributed by atoms with E-state index < -0.39 is 0 Å². The van der Waals surface area contributed by atoms with Gasteiger partial charge in [-0.3, -0.25) is 0 Å². The van der Waals surface area contributed by atoms with Crippen molar-refractivity contribution < 1.29 is 9.47 Å². The van der Waals surface area contributed by atoms with Gasteiger partial charge in [0.25, 0.3) is 0 Å². The first-order valence-corrected chi connectivity index (χ1v) is 15.1. The van der Waals surface area contributed by atoms with Crippen molar-refractivity contribution in [2.45, 2.75) is 45.1 Å². The molecule has 204 valence electrons. The summed E-state index contributed by atoms with van der Waals surface area (Å²) in [5.41, 5.74) is 4.76. The second-order valence-corrected chi connectivity index (χ2v) is 12.6. The number of thiazole rings is 1. The number of fused-ring (bicyclic) bond motifs is 6. The molecule has 0 unspecified atom stereocenters. The summed E-state index contributed by atoms with van der Waals surface area (Å²) in [6, 6.07) is 22.9. The SMILES string of the molecule is CC(C)(C)CCOc1cccc(-c2sc3nc2-c2ccccc2CCCOCCNc2cccc(n2)SN3)c1. The zero-order valence-electron chi connectivity index (χ0n) is 22.8. The summed E-state index contributed by atoms with van der Waals surface area (Å²) in [5, 5.41) is 5.06. The molecule has 1 aliphatic rings. The van der Waals surface area contributed by atoms with Crippen LogP contribution >= 0.6 is 23.3 Å². The standard InChI is InChI=1S/C31H36N4O2S2/c1-31(2,3)16-19-37-24-12-6-10-23(21-24)29-28-25-13-5-4-9-22(25)11-8-18-36-20-17-32-26-14-7-15-27(33-26)39-35-30(34-28)38-29/h4-7,9-10,12-15,21H,8,11,16-20H2,1-3H3,(H,32,33)(H,34,35). The lowest BCUT2D eigenvalue weighted by Gasteiger charge is -2.18. The number of hydrogen-bond donors (Lipinski definition) is 2. The van der Waals surface area contributed by atoms with Crippen molar-refractivity contribution in [2.75, 3.05) is 36.4 Å². The Morgan fingerprint density at radius 1 is 0.974 bits per heavy atom. The van der Waals surface area contributed by atoms with E-state index in [9.17, 15) is 0 Å². The van der Waals surface area contributed by atoms with Crippen molar-refractivity contribution in [3.05, 3.63) is 72.3 Å². The summed E-state index contributed by atoms with van der Waals surface area (Å²) in [5.74, 6) is 1.72. The zero-order chi connectivity index (χ0) is 27.1. The number of nitrogens with one attached hydrogen (secondary N) is 2. The molecule has 0 aliphatic carbocycles. The first-order chi connectivity index (χ1) is 18.9. The van der Waals surface area contributed by atoms with Gasteiger partial charge in [0.1, 0.15) is 16.6 Å². The molecule has 0 fully saturated rings. The van der Waals surface area contributed by atoms with Gasteiger partial charge >= 0.3 is 0 Å². The first-order valence-electron chi connectivity index (χ1n) is 13.5. The molecule has 2 aromatic heterocycles. The van der Waals surface area contributed by atoms with Crippen molar-refractivity contribution >= 4 is 34.2 Å². The Hall–Kier alpha value is -3.07. The summed E-state index contributed by atoms with van der Waals surface area (Å²) in [6.07, 6.45) is 2.87. The van der Waals surface area contributed by atoms with E-state index in [0.29, 0.717) is 19.8 Å². The second kappa shape index (κ2) is 12.9. The van der Waals surface area contributed by atoms with Gasteiger partial charge in [0.2, 0.25) is 0 Å². The smallest absolute Gasteiger partial charge is 0.194 e. The van der Waals surface area contributed by atoms with E-state index in [2.05, 4.69) is 73.3 Å². The molecule has 3 heterocycles. The number of pyridine rings is 1. The molecule has 0 radical (unpaired) electrons. The quantitative estimate of drug-likeness (QED) is 0.244. The van der Waals surface area contributed by atoms with Gasteiger partial charge in [-0.05, 0) is 60.1 Å². The molecule has 4 aromatic rings. The van der Waals surface area contributed by atoms with E-state index in [-0.39, 0.29) is 5.41 Å². The highest BCUT2D eigenvalue weighted by Crippen LogP contribution is 2.42. The average Bonchev–Trinajstić information content (AvgIpc) is 3.35. The minimum absolute atomic E-state index is 0.235. The van der Waals surface area contributed by atoms with Crippen LogP contribution in [-0.4, -0.2) is 36.3 Å². The van der Waals surface area contributed by atoms with Crippen molar-refractivity contribution in [3.63, 3.8) is 0 Å². The summed E-state index contributed by atoms with van der Waals surface area (Å²) >= 11 is 3.12. The molecule has 2 aromatic carbocycles. The Morgan fingerprint density at radius 3 is 2.74 bits per heavy atom. The van der Waals surface area contributed by atoms with Crippen LogP contribution in [0.5, 0.6) is 5.75 Å². The van der Waals surface area contributed by atoms with Gasteiger partial charge in [0, 0.05) is 30.7 Å². The molecule has 6 nitrogen and oxygen atoms in total. The predicted octanol–water partition coefficient (Wildman–Crippen LogP) is 8.18. The lowest BCUT2D eigenvalue weighted by molar-refractivity contribution is 0.141. The van der Waals surface area contributed by atoms with Crippen LogP contribution in [-0.2, 0) is 11.2 Å². The number of anilines is 2. The van der Waals surface area contributed by atoms with Gasteiger partial charge in [0.05, 0.1) is 23.8 Å². The van der Waals surface area contributed by atoms with Crippen LogP contribution in [0.25, 0.3) is 21.7 Å². The van der Waals surface area contributed by atoms with E-state index in [0.717, 1.165) is 69.2 Å². The topological polar surface area (TPSA) is 68.3 Å². The van der Waals surface area contributed by atoms with E-state index in [1.807, 2.05) is 24.3 Å². The summed E-state index contributed by atoms with van der Waals surface area (Å²) < 4.78 is 15.5. The number of benzene rings is 2. The highest BCUT2D eigenvalue weighted by molar-refractivity contribution is 8.00. The molecule has 4 bridgehead atoms. The minimum Gasteiger partial charge on any atom is -0.494 e. The van der Waals surface area contributed by atoms with E-state index in [1.165, 1.54) is 17.5 Å². The van der Waals surface area contributed by atoms with Gasteiger partial charge in [0.15, 0.2) is 5.13 Å². The second-order valence-electron chi connectivity index (χ2n) is 10.7. The summed E-state index contributed by atoms with van der Waals surface area (Å²) in [7, 11) is 0. The van der Waals surface area contributed by atoms with Crippen molar-refractivity contribution in [1.29, 1.82) is 0 Å². The largest absolute Gasteiger partial charge is 0.494 e. The average molecular weight is 561 g/mol. The highest BCUT2D eigenvalue weighted by atomic mass is 32.2. The molecule has 5 rings (SSSR count). The molecule has 2 N–H and O–H groups in total. The summed E-state index contributed by atoms with van der Waals surface area (Å²) in [4.78, 5) is 10.9. The molecule has 0 amide bonds. The molecule has 0 atom stereocenters. The third kappa shape index (κ3) is 7.75. The van der Waals surface area contributed by atoms with Gasteiger partial charge in [-0.2, -0.15) is 0 Å². The van der Waals surface area contributed by atoms with Crippen LogP contribution in [0.2, 0.25) is 0 Å². The number of aromatic nitrogens is 2. The van der Waals surface area contributed by atoms with Crippen LogP contribution in [0.1, 0.15) is 39.2 Å². The molecule has 8 heteroatoms. The van der Waals surface area contributed by atoms with Gasteiger partial charge in [-0.25, -0.2) is 9.97 Å². The van der Waals surface area contributed by atoms with E-state index in [4.69, 9.17) is 19.4 Å². The monoisotopic (exact) mass is 560 g/mol. The summed E-state index contributed by atoms with van der Waals surface area (Å²) in [6.45, 7) is 9.49. The maximum absolute atomic E-state index is 6.15. The van der Waals surface area contributed by atoms with Crippen LogP contribution in [0, 0.1) is 5.41 Å². The fraction of sp³-hybridized carbons (Fsp3) is 0.355. The fourth-order valence-electron chi connectivity index (χ4n) is 4.30. The third-order valence-corrected chi connectivity index (χ3v) is 8.25. The number of nitrogens with zero attached hydrogens (tertiary/aromatic N) is 2. The Bertz CT molecular complexity index is 1380. The predicted molar refractivity (Wildman–Crippen MR) is 164 cm³/mol. The Morgan fingerprint density at radius 2 is 1.85 bits per heavy atom. The van der Waals surface area contributed by atoms with Crippen molar-refractivity contribution in [3.8, 4) is 27.4 Å². The van der Waals surface area contributed by atoms with Crippen LogP contribution < -0.4 is 14.8 Å². The van der Waals surface area contributed by atoms with Crippen LogP contribution in [0.15, 0.2) is 71.8 Å². The Balaban J connectivity index is 1.49. The fourth-order valence-corrected chi connectivity index (χ4v) is 5.94. The highest BCUT2D eigenvalue weighted by Gasteiger charge is 2.19. The maximum atomic E-state index is 6.15. The Labute approximate surface area is 239 Å².